The van der Waals surface area contributed by atoms with Crippen LogP contribution in [0.25, 0.3) is 0 Å². The number of nitrogens with zero attached hydrogens (tertiary/aromatic N) is 2. The Morgan fingerprint density at radius 1 is 1.58 bits per heavy atom. The van der Waals surface area contributed by atoms with Gasteiger partial charge in [0.05, 0.1) is 20.5 Å². The fraction of sp³-hybridized carbons (Fsp3) is 0.625. The van der Waals surface area contributed by atoms with Crippen molar-refractivity contribution in [2.75, 3.05) is 12.3 Å². The van der Waals surface area contributed by atoms with Gasteiger partial charge in [0.2, 0.25) is 0 Å². The molecule has 10 nitrogen and oxygen atoms in total. The van der Waals surface area contributed by atoms with Crippen molar-refractivity contribution in [2.45, 2.75) is 24.5 Å². The van der Waals surface area contributed by atoms with E-state index in [0.717, 1.165) is 10.9 Å². The van der Waals surface area contributed by atoms with Gasteiger partial charge in [-0.1, -0.05) is 0 Å². The highest BCUT2D eigenvalue weighted by atomic mass is 31.2. The first-order valence-corrected chi connectivity index (χ1v) is 6.70. The number of anilines is 1. The Bertz CT molecular complexity index is 536. The van der Waals surface area contributed by atoms with Gasteiger partial charge in [0.15, 0.2) is 6.20 Å². The van der Waals surface area contributed by atoms with Crippen LogP contribution in [0.1, 0.15) is 7.57 Å². The lowest BCUT2D eigenvalue weighted by atomic mass is 10.1. The van der Waals surface area contributed by atoms with Crippen LogP contribution in [-0.4, -0.2) is 54.5 Å². The molecular weight excluding hydrogens is 281 g/mol. The number of aliphatic hydroxyl groups is 2. The highest BCUT2D eigenvalue weighted by molar-refractivity contribution is 7.46. The molecule has 1 aromatic heterocycles. The maximum atomic E-state index is 10.6. The van der Waals surface area contributed by atoms with Crippen molar-refractivity contribution in [3.63, 3.8) is 0 Å². The molecule has 2 rings (SSSR count). The Morgan fingerprint density at radius 3 is 2.79 bits per heavy atom. The highest BCUT2D eigenvalue weighted by Crippen LogP contribution is 2.38. The molecule has 1 aromatic rings. The molecule has 1 saturated heterocycles. The molecule has 1 aliphatic heterocycles. The normalized spacial score (nSPS) is 36.4. The molecule has 0 aromatic carbocycles. The lowest BCUT2D eigenvalue weighted by Gasteiger charge is -2.17. The van der Waals surface area contributed by atoms with Crippen LogP contribution < -0.4 is 5.73 Å². The molecule has 0 aliphatic carbocycles. The number of hydrogen-bond donors (Lipinski definition) is 5. The lowest BCUT2D eigenvalue weighted by molar-refractivity contribution is -0.0510. The Labute approximate surface area is 109 Å². The molecule has 108 valence electrons. The molecule has 11 heteroatoms. The number of rotatable bonds is 4. The van der Waals surface area contributed by atoms with E-state index in [1.165, 1.54) is 6.20 Å². The second kappa shape index (κ2) is 5.17. The number of aromatic nitrogens is 2. The Morgan fingerprint density at radius 2 is 2.26 bits per heavy atom. The van der Waals surface area contributed by atoms with Gasteiger partial charge in [-0.25, -0.2) is 9.55 Å². The van der Waals surface area contributed by atoms with Gasteiger partial charge in [0, 0.05) is 0 Å². The molecule has 0 saturated carbocycles. The van der Waals surface area contributed by atoms with E-state index in [1.807, 2.05) is 0 Å². The van der Waals surface area contributed by atoms with E-state index in [1.54, 1.807) is 0 Å². The number of ether oxygens (including phenoxy) is 1. The summed E-state index contributed by atoms with van der Waals surface area (Å²) in [6, 6.07) is 0. The zero-order valence-electron chi connectivity index (χ0n) is 10.5. The quantitative estimate of drug-likeness (QED) is 0.403. The van der Waals surface area contributed by atoms with E-state index in [9.17, 15) is 14.8 Å². The number of phosphoric acid groups is 1. The van der Waals surface area contributed by atoms with Gasteiger partial charge in [-0.2, -0.15) is 0 Å². The average Bonchev–Trinajstić information content (AvgIpc) is 2.85. The summed E-state index contributed by atoms with van der Waals surface area (Å²) in [5.41, 5.74) is 5.55. The standard InChI is InChI=1S/C8H14N3O7P/c9-5-1-10-3-11(5)8-7(13)6(12)4(18-8)2-17-19(14,15)16/h1,3-4,6-8,12-13H,2,9H2,(H2,14,15,16)/t4-,6-,7-,8-/m1/s1/i8D. The maximum Gasteiger partial charge on any atom is 0.469 e. The van der Waals surface area contributed by atoms with E-state index >= 15 is 0 Å². The molecule has 0 bridgehead atoms. The van der Waals surface area contributed by atoms with Crippen LogP contribution in [0.2, 0.25) is 0 Å². The number of hydrogen-bond acceptors (Lipinski definition) is 7. The van der Waals surface area contributed by atoms with Gasteiger partial charge in [-0.3, -0.25) is 9.09 Å². The van der Waals surface area contributed by atoms with Gasteiger partial charge in [-0.15, -0.1) is 0 Å². The first-order chi connectivity index (χ1) is 9.15. The molecule has 6 N–H and O–H groups in total. The molecule has 1 aliphatic rings. The smallest absolute Gasteiger partial charge is 0.387 e. The van der Waals surface area contributed by atoms with Crippen LogP contribution in [0.3, 0.4) is 0 Å². The molecule has 0 radical (unpaired) electrons. The van der Waals surface area contributed by atoms with E-state index < -0.39 is 38.9 Å². The van der Waals surface area contributed by atoms with Crippen molar-refractivity contribution in [2.24, 2.45) is 0 Å². The van der Waals surface area contributed by atoms with Crippen LogP contribution in [0.15, 0.2) is 12.5 Å². The van der Waals surface area contributed by atoms with Crippen molar-refractivity contribution in [3.05, 3.63) is 12.5 Å². The summed E-state index contributed by atoms with van der Waals surface area (Å²) in [5, 5.41) is 19.7. The minimum Gasteiger partial charge on any atom is -0.387 e. The van der Waals surface area contributed by atoms with Crippen LogP contribution in [0, 0.1) is 0 Å². The van der Waals surface area contributed by atoms with E-state index in [2.05, 4.69) is 9.51 Å². The highest BCUT2D eigenvalue weighted by Gasteiger charge is 2.44. The zero-order valence-corrected chi connectivity index (χ0v) is 10.4. The molecule has 19 heavy (non-hydrogen) atoms. The van der Waals surface area contributed by atoms with Crippen molar-refractivity contribution >= 4 is 13.6 Å². The average molecular weight is 296 g/mol. The summed E-state index contributed by atoms with van der Waals surface area (Å²) in [7, 11) is -4.75. The number of nitrogens with two attached hydrogens (primary N) is 1. The lowest BCUT2D eigenvalue weighted by Crippen LogP contribution is -2.33. The fourth-order valence-electron chi connectivity index (χ4n) is 1.64. The minimum atomic E-state index is -4.75. The second-order valence-corrected chi connectivity index (χ2v) is 5.14. The molecule has 0 spiro atoms. The van der Waals surface area contributed by atoms with Gasteiger partial charge >= 0.3 is 7.82 Å². The van der Waals surface area contributed by atoms with Crippen LogP contribution in [0.4, 0.5) is 5.82 Å². The van der Waals surface area contributed by atoms with Gasteiger partial charge in [-0.05, 0) is 0 Å². The van der Waals surface area contributed by atoms with E-state index in [0.29, 0.717) is 0 Å². The Balaban J connectivity index is 2.18. The summed E-state index contributed by atoms with van der Waals surface area (Å²) in [6.07, 6.45) is -4.41. The first kappa shape index (κ1) is 13.0. The maximum absolute atomic E-state index is 10.6. The molecular formula is C8H14N3O7P. The molecule has 4 atom stereocenters. The SMILES string of the molecule is [2H][C@@]1(n2cncc2N)O[C@H](COP(=O)(O)O)[C@@H](O)[C@H]1O. The predicted octanol–water partition coefficient (Wildman–Crippen LogP) is -1.81. The fourth-order valence-corrected chi connectivity index (χ4v) is 1.98. The summed E-state index contributed by atoms with van der Waals surface area (Å²) < 4.78 is 29.0. The van der Waals surface area contributed by atoms with E-state index in [4.69, 9.17) is 21.6 Å². The summed E-state index contributed by atoms with van der Waals surface area (Å²) in [6.45, 7) is -0.697. The predicted molar refractivity (Wildman–Crippen MR) is 60.6 cm³/mol. The first-order valence-electron chi connectivity index (χ1n) is 5.67. The second-order valence-electron chi connectivity index (χ2n) is 3.90. The van der Waals surface area contributed by atoms with Gasteiger partial charge < -0.3 is 30.5 Å². The summed E-state index contributed by atoms with van der Waals surface area (Å²) in [4.78, 5) is 20.9. The third kappa shape index (κ3) is 3.12. The minimum absolute atomic E-state index is 0.0165. The number of imidazole rings is 1. The Hall–Kier alpha value is -1.00. The topological polar surface area (TPSA) is 160 Å². The van der Waals surface area contributed by atoms with E-state index in [-0.39, 0.29) is 5.82 Å². The van der Waals surface area contributed by atoms with Crippen LogP contribution in [-0.2, 0) is 13.8 Å². The number of nitrogen functional groups attached to an aromatic ring is 1. The summed E-state index contributed by atoms with van der Waals surface area (Å²) in [5.74, 6) is 0.0165. The van der Waals surface area contributed by atoms with Crippen molar-refractivity contribution < 1.29 is 35.2 Å². The molecule has 1 fully saturated rings. The number of phosphoric ester groups is 1. The monoisotopic (exact) mass is 296 g/mol. The van der Waals surface area contributed by atoms with Crippen LogP contribution in [0.5, 0.6) is 0 Å². The third-order valence-corrected chi connectivity index (χ3v) is 3.03. The van der Waals surface area contributed by atoms with Crippen molar-refractivity contribution in [3.8, 4) is 0 Å². The third-order valence-electron chi connectivity index (χ3n) is 2.54. The van der Waals surface area contributed by atoms with Gasteiger partial charge in [0.1, 0.15) is 24.1 Å². The van der Waals surface area contributed by atoms with Crippen LogP contribution >= 0.6 is 7.82 Å². The molecule has 0 unspecified atom stereocenters. The zero-order chi connectivity index (χ0) is 15.1. The van der Waals surface area contributed by atoms with Gasteiger partial charge in [0.25, 0.3) is 0 Å². The largest absolute Gasteiger partial charge is 0.469 e. The summed E-state index contributed by atoms with van der Waals surface area (Å²) >= 11 is 0. The number of aliphatic hydroxyl groups excluding tert-OH is 2. The van der Waals surface area contributed by atoms with Crippen molar-refractivity contribution in [1.82, 2.24) is 9.55 Å². The molecule has 2 heterocycles. The Kier molecular flexibility index (Phi) is 3.54. The molecule has 0 amide bonds. The van der Waals surface area contributed by atoms with Crippen molar-refractivity contribution in [1.29, 1.82) is 0 Å².